The molecule has 0 bridgehead atoms. The number of amides is 2. The van der Waals surface area contributed by atoms with E-state index in [-0.39, 0.29) is 18.4 Å². The van der Waals surface area contributed by atoms with Crippen LogP contribution in [0.2, 0.25) is 0 Å². The average Bonchev–Trinajstić information content (AvgIpc) is 2.28. The molecule has 1 aromatic rings. The van der Waals surface area contributed by atoms with Crippen LogP contribution >= 0.6 is 0 Å². The molecule has 0 saturated heterocycles. The number of benzene rings is 1. The highest BCUT2D eigenvalue weighted by molar-refractivity contribution is 5.84. The molecule has 84 valence electrons. The van der Waals surface area contributed by atoms with Crippen LogP contribution in [-0.2, 0) is 9.59 Å². The molecule has 1 aromatic carbocycles. The normalized spacial score (nSPS) is 10.1. The lowest BCUT2D eigenvalue weighted by Crippen LogP contribution is -2.33. The van der Waals surface area contributed by atoms with Gasteiger partial charge >= 0.3 is 0 Å². The minimum Gasteiger partial charge on any atom is -0.347 e. The molecule has 0 radical (unpaired) electrons. The number of rotatable bonds is 4. The van der Waals surface area contributed by atoms with Gasteiger partial charge in [-0.15, -0.1) is 0 Å². The van der Waals surface area contributed by atoms with Gasteiger partial charge in [0.15, 0.2) is 0 Å². The summed E-state index contributed by atoms with van der Waals surface area (Å²) in [6.07, 6.45) is 3.34. The van der Waals surface area contributed by atoms with Gasteiger partial charge in [-0.05, 0) is 11.6 Å². The molecule has 0 aliphatic carbocycles. The third-order valence-electron chi connectivity index (χ3n) is 1.82. The molecule has 0 aliphatic rings. The van der Waals surface area contributed by atoms with Gasteiger partial charge in [-0.3, -0.25) is 9.59 Å². The predicted octanol–water partition coefficient (Wildman–Crippen LogP) is 0.910. The van der Waals surface area contributed by atoms with E-state index in [1.165, 1.54) is 6.92 Å². The molecule has 4 nitrogen and oxygen atoms in total. The first-order valence-corrected chi connectivity index (χ1v) is 4.94. The minimum atomic E-state index is -0.248. The highest BCUT2D eigenvalue weighted by Crippen LogP contribution is 1.99. The van der Waals surface area contributed by atoms with Crippen molar-refractivity contribution < 1.29 is 9.59 Å². The van der Waals surface area contributed by atoms with E-state index in [0.29, 0.717) is 0 Å². The summed E-state index contributed by atoms with van der Waals surface area (Å²) in [6, 6.07) is 9.61. The SMILES string of the molecule is CC(=O)NCC(=O)N/C=C/c1ccccc1. The first-order valence-electron chi connectivity index (χ1n) is 4.94. The van der Waals surface area contributed by atoms with E-state index >= 15 is 0 Å². The summed E-state index contributed by atoms with van der Waals surface area (Å²) in [5.41, 5.74) is 1.00. The van der Waals surface area contributed by atoms with E-state index in [0.717, 1.165) is 5.56 Å². The first kappa shape index (κ1) is 12.0. The molecule has 2 amide bonds. The van der Waals surface area contributed by atoms with Crippen LogP contribution in [0.5, 0.6) is 0 Å². The van der Waals surface area contributed by atoms with Crippen molar-refractivity contribution >= 4 is 17.9 Å². The van der Waals surface area contributed by atoms with Gasteiger partial charge < -0.3 is 10.6 Å². The monoisotopic (exact) mass is 218 g/mol. The summed E-state index contributed by atoms with van der Waals surface area (Å²) >= 11 is 0. The van der Waals surface area contributed by atoms with Crippen molar-refractivity contribution in [3.05, 3.63) is 42.1 Å². The van der Waals surface area contributed by atoms with E-state index in [1.54, 1.807) is 12.3 Å². The Morgan fingerprint density at radius 2 is 1.94 bits per heavy atom. The largest absolute Gasteiger partial charge is 0.347 e. The van der Waals surface area contributed by atoms with Crippen molar-refractivity contribution in [2.24, 2.45) is 0 Å². The smallest absolute Gasteiger partial charge is 0.243 e. The molecular formula is C12H14N2O2. The van der Waals surface area contributed by atoms with Crippen LogP contribution in [0.1, 0.15) is 12.5 Å². The van der Waals surface area contributed by atoms with Crippen molar-refractivity contribution in [2.75, 3.05) is 6.54 Å². The van der Waals surface area contributed by atoms with Gasteiger partial charge in [0.05, 0.1) is 6.54 Å². The Bertz CT molecular complexity index is 385. The maximum absolute atomic E-state index is 11.2. The maximum atomic E-state index is 11.2. The molecule has 2 N–H and O–H groups in total. The van der Waals surface area contributed by atoms with Crippen molar-refractivity contribution in [2.45, 2.75) is 6.92 Å². The Hall–Kier alpha value is -2.10. The van der Waals surface area contributed by atoms with Crippen LogP contribution in [-0.4, -0.2) is 18.4 Å². The first-order chi connectivity index (χ1) is 7.68. The second-order valence-electron chi connectivity index (χ2n) is 3.22. The Morgan fingerprint density at radius 3 is 2.56 bits per heavy atom. The van der Waals surface area contributed by atoms with Gasteiger partial charge in [0.2, 0.25) is 11.8 Å². The predicted molar refractivity (Wildman–Crippen MR) is 62.3 cm³/mol. The lowest BCUT2D eigenvalue weighted by atomic mass is 10.2. The fraction of sp³-hybridized carbons (Fsp3) is 0.167. The van der Waals surface area contributed by atoms with Gasteiger partial charge in [0.25, 0.3) is 0 Å². The third-order valence-corrected chi connectivity index (χ3v) is 1.82. The number of carbonyl (C=O) groups excluding carboxylic acids is 2. The molecule has 0 atom stereocenters. The van der Waals surface area contributed by atoms with Crippen LogP contribution in [0.3, 0.4) is 0 Å². The highest BCUT2D eigenvalue weighted by atomic mass is 16.2. The third kappa shape index (κ3) is 4.95. The van der Waals surface area contributed by atoms with Crippen LogP contribution < -0.4 is 10.6 Å². The fourth-order valence-corrected chi connectivity index (χ4v) is 1.05. The topological polar surface area (TPSA) is 58.2 Å². The van der Waals surface area contributed by atoms with Crippen LogP contribution in [0.25, 0.3) is 6.08 Å². The second kappa shape index (κ2) is 6.40. The summed E-state index contributed by atoms with van der Waals surface area (Å²) in [6.45, 7) is 1.36. The zero-order valence-electron chi connectivity index (χ0n) is 9.07. The molecule has 1 rings (SSSR count). The van der Waals surface area contributed by atoms with Gasteiger partial charge in [-0.1, -0.05) is 30.3 Å². The molecular weight excluding hydrogens is 204 g/mol. The molecule has 0 aliphatic heterocycles. The maximum Gasteiger partial charge on any atom is 0.243 e. The van der Waals surface area contributed by atoms with Gasteiger partial charge in [-0.2, -0.15) is 0 Å². The van der Waals surface area contributed by atoms with E-state index in [4.69, 9.17) is 0 Å². The second-order valence-corrected chi connectivity index (χ2v) is 3.22. The average molecular weight is 218 g/mol. The van der Waals surface area contributed by atoms with Crippen LogP contribution in [0.4, 0.5) is 0 Å². The Morgan fingerprint density at radius 1 is 1.25 bits per heavy atom. The number of carbonyl (C=O) groups is 2. The van der Waals surface area contributed by atoms with E-state index in [9.17, 15) is 9.59 Å². The van der Waals surface area contributed by atoms with Crippen LogP contribution in [0, 0.1) is 0 Å². The zero-order chi connectivity index (χ0) is 11.8. The summed E-state index contributed by atoms with van der Waals surface area (Å²) < 4.78 is 0. The summed E-state index contributed by atoms with van der Waals surface area (Å²) in [5.74, 6) is -0.468. The quantitative estimate of drug-likeness (QED) is 0.789. The van der Waals surface area contributed by atoms with Gasteiger partial charge in [0.1, 0.15) is 0 Å². The molecule has 0 spiro atoms. The van der Waals surface area contributed by atoms with Crippen molar-refractivity contribution in [3.8, 4) is 0 Å². The molecule has 16 heavy (non-hydrogen) atoms. The number of nitrogens with one attached hydrogen (secondary N) is 2. The summed E-state index contributed by atoms with van der Waals surface area (Å²) in [7, 11) is 0. The highest BCUT2D eigenvalue weighted by Gasteiger charge is 1.98. The Labute approximate surface area is 94.4 Å². The molecule has 0 saturated carbocycles. The van der Waals surface area contributed by atoms with E-state index in [1.807, 2.05) is 30.3 Å². The molecule has 0 heterocycles. The van der Waals surface area contributed by atoms with Crippen molar-refractivity contribution in [3.63, 3.8) is 0 Å². The minimum absolute atomic E-state index is 0.00549. The summed E-state index contributed by atoms with van der Waals surface area (Å²) in [5, 5.41) is 4.96. The lowest BCUT2D eigenvalue weighted by molar-refractivity contribution is -0.124. The Kier molecular flexibility index (Phi) is 4.79. The molecule has 0 aromatic heterocycles. The van der Waals surface area contributed by atoms with E-state index < -0.39 is 0 Å². The zero-order valence-corrected chi connectivity index (χ0v) is 9.07. The van der Waals surface area contributed by atoms with Crippen LogP contribution in [0.15, 0.2) is 36.5 Å². The lowest BCUT2D eigenvalue weighted by Gasteiger charge is -2.00. The van der Waals surface area contributed by atoms with Crippen molar-refractivity contribution in [1.29, 1.82) is 0 Å². The molecule has 4 heteroatoms. The summed E-state index contributed by atoms with van der Waals surface area (Å²) in [4.78, 5) is 21.7. The fourth-order valence-electron chi connectivity index (χ4n) is 1.05. The molecule has 0 fully saturated rings. The Balaban J connectivity index is 2.32. The van der Waals surface area contributed by atoms with Gasteiger partial charge in [-0.25, -0.2) is 0 Å². The van der Waals surface area contributed by atoms with E-state index in [2.05, 4.69) is 10.6 Å². The van der Waals surface area contributed by atoms with Gasteiger partial charge in [0, 0.05) is 13.1 Å². The molecule has 0 unspecified atom stereocenters. The van der Waals surface area contributed by atoms with Crippen molar-refractivity contribution in [1.82, 2.24) is 10.6 Å². The number of hydrogen-bond acceptors (Lipinski definition) is 2. The number of hydrogen-bond donors (Lipinski definition) is 2. The standard InChI is InChI=1S/C12H14N2O2/c1-10(15)14-9-12(16)13-8-7-11-5-3-2-4-6-11/h2-8H,9H2,1H3,(H,13,16)(H,14,15)/b8-7+.